The molecule has 0 nitrogen and oxygen atoms in total. The summed E-state index contributed by atoms with van der Waals surface area (Å²) in [4.78, 5) is 0. The molecule has 0 fully saturated rings. The van der Waals surface area contributed by atoms with Gasteiger partial charge in [-0.05, 0) is 37.8 Å². The molecule has 0 heterocycles. The Hall–Kier alpha value is -0.960. The quantitative estimate of drug-likeness (QED) is 0.325. The van der Waals surface area contributed by atoms with Crippen LogP contribution in [0.3, 0.4) is 0 Å². The van der Waals surface area contributed by atoms with Crippen LogP contribution in [0.25, 0.3) is 0 Å². The summed E-state index contributed by atoms with van der Waals surface area (Å²) in [5, 5.41) is 0. The second-order valence-electron chi connectivity index (χ2n) is 4.79. The van der Waals surface area contributed by atoms with Gasteiger partial charge in [0.05, 0.1) is 0 Å². The molecule has 0 atom stereocenters. The van der Waals surface area contributed by atoms with Crippen molar-refractivity contribution in [3.8, 4) is 11.8 Å². The highest BCUT2D eigenvalue weighted by Gasteiger charge is 1.83. The minimum Gasteiger partial charge on any atom is -0.0761 e. The zero-order valence-corrected chi connectivity index (χ0v) is 12.4. The first-order valence-corrected chi connectivity index (χ1v) is 7.72. The third-order valence-corrected chi connectivity index (χ3v) is 2.93. The van der Waals surface area contributed by atoms with Gasteiger partial charge in [0.25, 0.3) is 0 Å². The van der Waals surface area contributed by atoms with Gasteiger partial charge in [-0.2, -0.15) is 0 Å². The molecule has 0 bridgehead atoms. The largest absolute Gasteiger partial charge is 0.0761 e. The van der Waals surface area contributed by atoms with Gasteiger partial charge in [0, 0.05) is 0 Å². The normalized spacial score (nSPS) is 11.0. The van der Waals surface area contributed by atoms with Crippen molar-refractivity contribution < 1.29 is 0 Å². The van der Waals surface area contributed by atoms with Crippen LogP contribution >= 0.6 is 0 Å². The topological polar surface area (TPSA) is 0 Å². The van der Waals surface area contributed by atoms with Gasteiger partial charge in [-0.3, -0.25) is 0 Å². The van der Waals surface area contributed by atoms with Crippen LogP contribution in [0.2, 0.25) is 0 Å². The van der Waals surface area contributed by atoms with Gasteiger partial charge in [0.2, 0.25) is 0 Å². The summed E-state index contributed by atoms with van der Waals surface area (Å²) in [5.41, 5.74) is 0. The Labute approximate surface area is 115 Å². The van der Waals surface area contributed by atoms with Crippen molar-refractivity contribution in [1.82, 2.24) is 0 Å². The fourth-order valence-electron chi connectivity index (χ4n) is 1.76. The molecule has 0 aliphatic carbocycles. The highest BCUT2D eigenvalue weighted by Crippen LogP contribution is 2.03. The Morgan fingerprint density at radius 1 is 0.611 bits per heavy atom. The molecule has 0 rings (SSSR count). The summed E-state index contributed by atoms with van der Waals surface area (Å²) in [5.74, 6) is 6.12. The Kier molecular flexibility index (Phi) is 15.2. The van der Waals surface area contributed by atoms with Gasteiger partial charge in [0.1, 0.15) is 0 Å². The molecule has 0 aromatic rings. The maximum atomic E-state index is 3.06. The lowest BCUT2D eigenvalue weighted by molar-refractivity contribution is 0.674. The lowest BCUT2D eigenvalue weighted by Gasteiger charge is -1.92. The van der Waals surface area contributed by atoms with E-state index in [1.54, 1.807) is 0 Å². The van der Waals surface area contributed by atoms with Crippen molar-refractivity contribution >= 4 is 0 Å². The van der Waals surface area contributed by atoms with E-state index < -0.39 is 0 Å². The fourth-order valence-corrected chi connectivity index (χ4v) is 1.76. The maximum Gasteiger partial charge on any atom is -0.0155 e. The molecule has 0 saturated carbocycles. The molecule has 0 aromatic heterocycles. The molecule has 102 valence electrons. The van der Waals surface area contributed by atoms with Crippen LogP contribution in [0, 0.1) is 11.8 Å². The van der Waals surface area contributed by atoms with E-state index in [9.17, 15) is 0 Å². The minimum absolute atomic E-state index is 1.18. The zero-order valence-electron chi connectivity index (χ0n) is 12.4. The summed E-state index contributed by atoms with van der Waals surface area (Å²) in [6.07, 6.45) is 21.4. The standard InChI is InChI=1S/C18H30/c1-3-5-7-9-11-13-15-17-18-16-14-12-10-8-6-4-2/h13-16H,3-12H2,1-2H3/b15-13+,16-14+. The van der Waals surface area contributed by atoms with E-state index in [1.165, 1.54) is 64.2 Å². The van der Waals surface area contributed by atoms with Gasteiger partial charge in [-0.15, -0.1) is 0 Å². The molecular formula is C18H30. The van der Waals surface area contributed by atoms with E-state index in [0.717, 1.165) is 0 Å². The van der Waals surface area contributed by atoms with Crippen LogP contribution in [0.5, 0.6) is 0 Å². The first-order valence-electron chi connectivity index (χ1n) is 7.72. The van der Waals surface area contributed by atoms with Crippen LogP contribution < -0.4 is 0 Å². The molecule has 0 amide bonds. The first kappa shape index (κ1) is 17.0. The lowest BCUT2D eigenvalue weighted by Crippen LogP contribution is -1.73. The molecule has 0 aliphatic heterocycles. The molecule has 0 N–H and O–H groups in total. The highest BCUT2D eigenvalue weighted by molar-refractivity contribution is 5.23. The van der Waals surface area contributed by atoms with Crippen LogP contribution in [-0.4, -0.2) is 0 Å². The molecular weight excluding hydrogens is 216 g/mol. The van der Waals surface area contributed by atoms with E-state index in [1.807, 2.05) is 12.2 Å². The van der Waals surface area contributed by atoms with Crippen molar-refractivity contribution in [1.29, 1.82) is 0 Å². The van der Waals surface area contributed by atoms with E-state index in [4.69, 9.17) is 0 Å². The molecule has 0 unspecified atom stereocenters. The summed E-state index contributed by atoms with van der Waals surface area (Å²) >= 11 is 0. The third kappa shape index (κ3) is 15.0. The molecule has 0 saturated heterocycles. The van der Waals surface area contributed by atoms with Crippen molar-refractivity contribution in [2.45, 2.75) is 78.1 Å². The summed E-state index contributed by atoms with van der Waals surface area (Å²) in [6, 6.07) is 0. The maximum absolute atomic E-state index is 3.06. The average Bonchev–Trinajstić information content (AvgIpc) is 2.39. The monoisotopic (exact) mass is 246 g/mol. The number of rotatable bonds is 10. The van der Waals surface area contributed by atoms with Crippen molar-refractivity contribution in [2.75, 3.05) is 0 Å². The fraction of sp³-hybridized carbons (Fsp3) is 0.667. The number of hydrogen-bond donors (Lipinski definition) is 0. The summed E-state index contributed by atoms with van der Waals surface area (Å²) in [6.45, 7) is 4.49. The lowest BCUT2D eigenvalue weighted by atomic mass is 10.1. The highest BCUT2D eigenvalue weighted by atomic mass is 13.9. The SMILES string of the molecule is CCCCCC/C=C/C#C/C=C/CCCCCC. The Morgan fingerprint density at radius 3 is 1.44 bits per heavy atom. The first-order chi connectivity index (χ1) is 8.91. The van der Waals surface area contributed by atoms with E-state index in [0.29, 0.717) is 0 Å². The third-order valence-electron chi connectivity index (χ3n) is 2.93. The average molecular weight is 246 g/mol. The Balaban J connectivity index is 3.36. The molecule has 0 spiro atoms. The predicted octanol–water partition coefficient (Wildman–Crippen LogP) is 6.04. The molecule has 18 heavy (non-hydrogen) atoms. The number of allylic oxidation sites excluding steroid dienone is 4. The van der Waals surface area contributed by atoms with Gasteiger partial charge in [-0.1, -0.05) is 76.4 Å². The second kappa shape index (κ2) is 16.0. The smallest absolute Gasteiger partial charge is 0.0155 e. The zero-order chi connectivity index (χ0) is 13.3. The molecule has 0 heteroatoms. The molecule has 0 aliphatic rings. The summed E-state index contributed by atoms with van der Waals surface area (Å²) < 4.78 is 0. The van der Waals surface area contributed by atoms with Gasteiger partial charge >= 0.3 is 0 Å². The van der Waals surface area contributed by atoms with Crippen LogP contribution in [-0.2, 0) is 0 Å². The Morgan fingerprint density at radius 2 is 1.06 bits per heavy atom. The van der Waals surface area contributed by atoms with Crippen molar-refractivity contribution in [2.24, 2.45) is 0 Å². The van der Waals surface area contributed by atoms with E-state index in [-0.39, 0.29) is 0 Å². The van der Waals surface area contributed by atoms with Crippen molar-refractivity contribution in [3.63, 3.8) is 0 Å². The summed E-state index contributed by atoms with van der Waals surface area (Å²) in [7, 11) is 0. The van der Waals surface area contributed by atoms with E-state index >= 15 is 0 Å². The van der Waals surface area contributed by atoms with Crippen LogP contribution in [0.1, 0.15) is 78.1 Å². The van der Waals surface area contributed by atoms with Gasteiger partial charge in [0.15, 0.2) is 0 Å². The number of unbranched alkanes of at least 4 members (excludes halogenated alkanes) is 8. The van der Waals surface area contributed by atoms with Crippen molar-refractivity contribution in [3.05, 3.63) is 24.3 Å². The van der Waals surface area contributed by atoms with E-state index in [2.05, 4.69) is 37.8 Å². The molecule has 0 radical (unpaired) electrons. The van der Waals surface area contributed by atoms with Gasteiger partial charge < -0.3 is 0 Å². The molecule has 0 aromatic carbocycles. The predicted molar refractivity (Wildman–Crippen MR) is 83.6 cm³/mol. The van der Waals surface area contributed by atoms with Gasteiger partial charge in [-0.25, -0.2) is 0 Å². The Bertz CT molecular complexity index is 233. The second-order valence-corrected chi connectivity index (χ2v) is 4.79. The number of hydrogen-bond acceptors (Lipinski definition) is 0. The minimum atomic E-state index is 1.18. The van der Waals surface area contributed by atoms with Crippen LogP contribution in [0.15, 0.2) is 24.3 Å². The van der Waals surface area contributed by atoms with Crippen LogP contribution in [0.4, 0.5) is 0 Å².